The maximum absolute atomic E-state index is 12.4. The third kappa shape index (κ3) is 17.3. The zero-order valence-corrected chi connectivity index (χ0v) is 28.8. The molecule has 41 heavy (non-hydrogen) atoms. The number of hydroxylamine groups is 2. The number of piperidine rings is 1. The standard InChI is InChI=1S/C37H73NO3/c1-7-9-11-13-15-16-17-18-19-20-21-22-23-24-25-27-29-34(35(39)40)33-31-36(3,4)38(37(5,6)32-33)41-30-28-26-14-12-10-8-2/h33-34H,7-32H2,1-6H3,(H,39,40). The highest BCUT2D eigenvalue weighted by atomic mass is 16.7. The molecule has 1 fully saturated rings. The Balaban J connectivity index is 2.25. The Morgan fingerprint density at radius 2 is 0.976 bits per heavy atom. The molecule has 0 aliphatic carbocycles. The van der Waals surface area contributed by atoms with Crippen LogP contribution in [0.1, 0.15) is 202 Å². The molecular weight excluding hydrogens is 506 g/mol. The van der Waals surface area contributed by atoms with Gasteiger partial charge in [0, 0.05) is 11.1 Å². The highest BCUT2D eigenvalue weighted by Crippen LogP contribution is 2.45. The molecule has 0 spiro atoms. The van der Waals surface area contributed by atoms with Gasteiger partial charge < -0.3 is 5.11 Å². The number of carboxylic acid groups (broad SMARTS) is 1. The summed E-state index contributed by atoms with van der Waals surface area (Å²) in [6.45, 7) is 14.3. The average molecular weight is 580 g/mol. The highest BCUT2D eigenvalue weighted by Gasteiger charge is 2.49. The Bertz CT molecular complexity index is 614. The van der Waals surface area contributed by atoms with E-state index in [1.54, 1.807) is 0 Å². The molecule has 0 aromatic carbocycles. The minimum Gasteiger partial charge on any atom is -0.481 e. The third-order valence-corrected chi connectivity index (χ3v) is 9.60. The molecule has 0 saturated carbocycles. The molecule has 1 atom stereocenters. The van der Waals surface area contributed by atoms with E-state index in [9.17, 15) is 9.90 Å². The molecule has 1 rings (SSSR count). The van der Waals surface area contributed by atoms with Crippen LogP contribution in [0.5, 0.6) is 0 Å². The van der Waals surface area contributed by atoms with Crippen molar-refractivity contribution in [1.29, 1.82) is 0 Å². The number of carbonyl (C=O) groups is 1. The largest absolute Gasteiger partial charge is 0.481 e. The van der Waals surface area contributed by atoms with E-state index in [2.05, 4.69) is 46.6 Å². The summed E-state index contributed by atoms with van der Waals surface area (Å²) in [6.07, 6.45) is 31.8. The molecular formula is C37H73NO3. The summed E-state index contributed by atoms with van der Waals surface area (Å²) in [5.41, 5.74) is -0.312. The van der Waals surface area contributed by atoms with Crippen molar-refractivity contribution in [2.24, 2.45) is 11.8 Å². The fourth-order valence-electron chi connectivity index (χ4n) is 7.49. The summed E-state index contributed by atoms with van der Waals surface area (Å²) in [6, 6.07) is 0. The van der Waals surface area contributed by atoms with Gasteiger partial charge in [-0.25, -0.2) is 0 Å². The molecule has 1 aliphatic heterocycles. The van der Waals surface area contributed by atoms with Crippen LogP contribution >= 0.6 is 0 Å². The van der Waals surface area contributed by atoms with Gasteiger partial charge in [0.15, 0.2) is 0 Å². The quantitative estimate of drug-likeness (QED) is 0.0983. The fourth-order valence-corrected chi connectivity index (χ4v) is 7.49. The van der Waals surface area contributed by atoms with Gasteiger partial charge in [-0.2, -0.15) is 5.06 Å². The Kier molecular flexibility index (Phi) is 21.4. The van der Waals surface area contributed by atoms with Crippen molar-refractivity contribution in [3.05, 3.63) is 0 Å². The minimum atomic E-state index is -0.594. The first kappa shape index (κ1) is 38.4. The van der Waals surface area contributed by atoms with Crippen molar-refractivity contribution in [2.45, 2.75) is 213 Å². The highest BCUT2D eigenvalue weighted by molar-refractivity contribution is 5.70. The lowest BCUT2D eigenvalue weighted by Crippen LogP contribution is -2.61. The van der Waals surface area contributed by atoms with Crippen LogP contribution in [0.25, 0.3) is 0 Å². The van der Waals surface area contributed by atoms with E-state index in [4.69, 9.17) is 4.84 Å². The Labute approximate surface area is 257 Å². The second kappa shape index (κ2) is 22.9. The Morgan fingerprint density at radius 1 is 0.634 bits per heavy atom. The van der Waals surface area contributed by atoms with Gasteiger partial charge in [-0.15, -0.1) is 0 Å². The monoisotopic (exact) mass is 580 g/mol. The second-order valence-electron chi connectivity index (χ2n) is 14.7. The van der Waals surface area contributed by atoms with Crippen LogP contribution in [0.3, 0.4) is 0 Å². The lowest BCUT2D eigenvalue weighted by atomic mass is 9.69. The number of unbranched alkanes of at least 4 members (excludes halogenated alkanes) is 20. The lowest BCUT2D eigenvalue weighted by molar-refractivity contribution is -0.290. The molecule has 1 N–H and O–H groups in total. The van der Waals surface area contributed by atoms with Gasteiger partial charge in [-0.05, 0) is 59.3 Å². The van der Waals surface area contributed by atoms with Crippen molar-refractivity contribution in [3.63, 3.8) is 0 Å². The minimum absolute atomic E-state index is 0.156. The molecule has 0 amide bonds. The molecule has 0 radical (unpaired) electrons. The summed E-state index contributed by atoms with van der Waals surface area (Å²) in [5, 5.41) is 12.4. The summed E-state index contributed by atoms with van der Waals surface area (Å²) in [7, 11) is 0. The first-order chi connectivity index (χ1) is 19.7. The van der Waals surface area contributed by atoms with E-state index in [1.165, 1.54) is 128 Å². The Hall–Kier alpha value is -0.610. The first-order valence-electron chi connectivity index (χ1n) is 18.3. The molecule has 1 heterocycles. The van der Waals surface area contributed by atoms with Crippen molar-refractivity contribution < 1.29 is 14.7 Å². The second-order valence-corrected chi connectivity index (χ2v) is 14.7. The summed E-state index contributed by atoms with van der Waals surface area (Å²) in [5.74, 6) is -0.618. The Morgan fingerprint density at radius 3 is 1.34 bits per heavy atom. The van der Waals surface area contributed by atoms with Crippen molar-refractivity contribution >= 4 is 5.97 Å². The van der Waals surface area contributed by atoms with Crippen LogP contribution < -0.4 is 0 Å². The molecule has 244 valence electrons. The van der Waals surface area contributed by atoms with E-state index in [0.29, 0.717) is 0 Å². The zero-order valence-electron chi connectivity index (χ0n) is 28.8. The van der Waals surface area contributed by atoms with Crippen LogP contribution in [0.4, 0.5) is 0 Å². The molecule has 1 saturated heterocycles. The number of hydrogen-bond donors (Lipinski definition) is 1. The maximum atomic E-state index is 12.4. The molecule has 0 aromatic heterocycles. The first-order valence-corrected chi connectivity index (χ1v) is 18.3. The average Bonchev–Trinajstić information content (AvgIpc) is 2.90. The SMILES string of the molecule is CCCCCCCCCCCCCCCCCCC(C(=O)O)C1CC(C)(C)N(OCCCCCCCC)C(C)(C)C1. The summed E-state index contributed by atoms with van der Waals surface area (Å²) in [4.78, 5) is 18.8. The number of aliphatic carboxylic acids is 1. The van der Waals surface area contributed by atoms with Crippen LogP contribution in [0.15, 0.2) is 0 Å². The van der Waals surface area contributed by atoms with E-state index in [1.807, 2.05) is 0 Å². The van der Waals surface area contributed by atoms with Gasteiger partial charge >= 0.3 is 5.97 Å². The van der Waals surface area contributed by atoms with Crippen molar-refractivity contribution in [2.75, 3.05) is 6.61 Å². The van der Waals surface area contributed by atoms with Gasteiger partial charge in [0.1, 0.15) is 0 Å². The molecule has 4 heteroatoms. The third-order valence-electron chi connectivity index (χ3n) is 9.60. The number of carboxylic acids is 1. The number of hydrogen-bond acceptors (Lipinski definition) is 3. The predicted molar refractivity (Wildman–Crippen MR) is 177 cm³/mol. The van der Waals surface area contributed by atoms with Crippen LogP contribution in [-0.4, -0.2) is 33.8 Å². The van der Waals surface area contributed by atoms with Gasteiger partial charge in [0.05, 0.1) is 12.5 Å². The molecule has 4 nitrogen and oxygen atoms in total. The lowest BCUT2D eigenvalue weighted by Gasteiger charge is -2.54. The summed E-state index contributed by atoms with van der Waals surface area (Å²) < 4.78 is 0. The fraction of sp³-hybridized carbons (Fsp3) is 0.973. The van der Waals surface area contributed by atoms with Gasteiger partial charge in [-0.1, -0.05) is 149 Å². The predicted octanol–water partition coefficient (Wildman–Crippen LogP) is 11.9. The molecule has 0 aromatic rings. The van der Waals surface area contributed by atoms with Crippen molar-refractivity contribution in [1.82, 2.24) is 5.06 Å². The summed E-state index contributed by atoms with van der Waals surface area (Å²) >= 11 is 0. The van der Waals surface area contributed by atoms with E-state index >= 15 is 0 Å². The number of rotatable bonds is 27. The van der Waals surface area contributed by atoms with Crippen LogP contribution in [0.2, 0.25) is 0 Å². The van der Waals surface area contributed by atoms with Gasteiger partial charge in [-0.3, -0.25) is 9.63 Å². The van der Waals surface area contributed by atoms with E-state index in [-0.39, 0.29) is 22.9 Å². The van der Waals surface area contributed by atoms with Gasteiger partial charge in [0.2, 0.25) is 0 Å². The van der Waals surface area contributed by atoms with E-state index in [0.717, 1.165) is 38.7 Å². The number of nitrogens with zero attached hydrogens (tertiary/aromatic N) is 1. The van der Waals surface area contributed by atoms with Crippen LogP contribution in [0, 0.1) is 11.8 Å². The molecule has 0 bridgehead atoms. The van der Waals surface area contributed by atoms with Crippen LogP contribution in [-0.2, 0) is 9.63 Å². The molecule has 1 unspecified atom stereocenters. The van der Waals surface area contributed by atoms with E-state index < -0.39 is 5.97 Å². The van der Waals surface area contributed by atoms with Gasteiger partial charge in [0.25, 0.3) is 0 Å². The zero-order chi connectivity index (χ0) is 30.4. The molecule has 1 aliphatic rings. The van der Waals surface area contributed by atoms with Crippen molar-refractivity contribution in [3.8, 4) is 0 Å². The topological polar surface area (TPSA) is 49.8 Å². The maximum Gasteiger partial charge on any atom is 0.306 e. The normalized spacial score (nSPS) is 18.1. The smallest absolute Gasteiger partial charge is 0.306 e.